The van der Waals surface area contributed by atoms with Gasteiger partial charge < -0.3 is 5.73 Å². The van der Waals surface area contributed by atoms with Crippen molar-refractivity contribution in [2.24, 2.45) is 11.7 Å². The lowest BCUT2D eigenvalue weighted by Gasteiger charge is -2.20. The second-order valence-corrected chi connectivity index (χ2v) is 8.33. The molecule has 160 valence electrons. The van der Waals surface area contributed by atoms with E-state index in [1.165, 1.54) is 57.1 Å². The first kappa shape index (κ1) is 22.4. The lowest BCUT2D eigenvalue weighted by molar-refractivity contribution is -0.137. The highest BCUT2D eigenvalue weighted by molar-refractivity contribution is 5.37. The van der Waals surface area contributed by atoms with Crippen LogP contribution < -0.4 is 5.73 Å². The number of benzene rings is 2. The summed E-state index contributed by atoms with van der Waals surface area (Å²) in [7, 11) is 0. The summed E-state index contributed by atoms with van der Waals surface area (Å²) in [6.45, 7) is 0. The number of hydrogen-bond donors (Lipinski definition) is 1. The van der Waals surface area contributed by atoms with Crippen LogP contribution in [0.5, 0.6) is 0 Å². The maximum Gasteiger partial charge on any atom is 0.416 e. The Morgan fingerprint density at radius 2 is 1.60 bits per heavy atom. The standard InChI is InChI=1S/C26H30F3N/c27-26(28,29)24-17-15-23(16-18-24)25(30)19-22-13-11-21(12-14-22)10-6-2-5-9-20-7-3-1-4-8-20/h11-18,20,25H,1-5,7-9,19,30H2. The number of hydrogen-bond acceptors (Lipinski definition) is 1. The van der Waals surface area contributed by atoms with Crippen LogP contribution in [0.15, 0.2) is 48.5 Å². The molecule has 1 fully saturated rings. The summed E-state index contributed by atoms with van der Waals surface area (Å²) in [5.41, 5.74) is 8.27. The summed E-state index contributed by atoms with van der Waals surface area (Å²) in [4.78, 5) is 0. The van der Waals surface area contributed by atoms with E-state index in [1.807, 2.05) is 24.3 Å². The van der Waals surface area contributed by atoms with Gasteiger partial charge in [-0.2, -0.15) is 13.2 Å². The number of nitrogens with two attached hydrogens (primary N) is 1. The van der Waals surface area contributed by atoms with Crippen molar-refractivity contribution in [1.29, 1.82) is 0 Å². The Kier molecular flexibility index (Phi) is 7.99. The summed E-state index contributed by atoms with van der Waals surface area (Å²) in [6.07, 6.45) is 6.64. The van der Waals surface area contributed by atoms with Gasteiger partial charge in [0, 0.05) is 18.0 Å². The molecule has 2 aromatic rings. The number of halogens is 3. The van der Waals surface area contributed by atoms with E-state index < -0.39 is 11.7 Å². The number of rotatable bonds is 6. The summed E-state index contributed by atoms with van der Waals surface area (Å²) in [6, 6.07) is 12.7. The fourth-order valence-electron chi connectivity index (χ4n) is 4.13. The van der Waals surface area contributed by atoms with Crippen LogP contribution in [0.1, 0.15) is 79.7 Å². The molecule has 0 aliphatic heterocycles. The SMILES string of the molecule is NC(Cc1ccc(C#CCCCC2CCCCC2)cc1)c1ccc(C(F)(F)F)cc1. The third kappa shape index (κ3) is 6.92. The van der Waals surface area contributed by atoms with Gasteiger partial charge in [-0.05, 0) is 60.6 Å². The van der Waals surface area contributed by atoms with Gasteiger partial charge in [0.2, 0.25) is 0 Å². The van der Waals surface area contributed by atoms with E-state index in [-0.39, 0.29) is 6.04 Å². The average molecular weight is 414 g/mol. The molecule has 2 aromatic carbocycles. The number of alkyl halides is 3. The fraction of sp³-hybridized carbons (Fsp3) is 0.462. The van der Waals surface area contributed by atoms with Crippen LogP contribution in [0.4, 0.5) is 13.2 Å². The molecule has 1 nitrogen and oxygen atoms in total. The molecule has 0 heterocycles. The Bertz CT molecular complexity index is 835. The minimum Gasteiger partial charge on any atom is -0.324 e. The molecule has 1 unspecified atom stereocenters. The van der Waals surface area contributed by atoms with Crippen molar-refractivity contribution in [2.45, 2.75) is 70.0 Å². The van der Waals surface area contributed by atoms with Gasteiger partial charge in [0.05, 0.1) is 5.56 Å². The molecule has 3 rings (SSSR count). The molecule has 2 N–H and O–H groups in total. The van der Waals surface area contributed by atoms with Gasteiger partial charge in [-0.15, -0.1) is 0 Å². The van der Waals surface area contributed by atoms with E-state index in [2.05, 4.69) is 11.8 Å². The molecule has 4 heteroatoms. The highest BCUT2D eigenvalue weighted by Gasteiger charge is 2.30. The molecule has 0 spiro atoms. The zero-order valence-electron chi connectivity index (χ0n) is 17.3. The van der Waals surface area contributed by atoms with Gasteiger partial charge in [-0.3, -0.25) is 0 Å². The minimum atomic E-state index is -4.32. The van der Waals surface area contributed by atoms with Gasteiger partial charge in [0.25, 0.3) is 0 Å². The fourth-order valence-corrected chi connectivity index (χ4v) is 4.13. The first-order valence-corrected chi connectivity index (χ1v) is 10.9. The Morgan fingerprint density at radius 3 is 2.23 bits per heavy atom. The van der Waals surface area contributed by atoms with Crippen molar-refractivity contribution >= 4 is 0 Å². The highest BCUT2D eigenvalue weighted by atomic mass is 19.4. The zero-order valence-corrected chi connectivity index (χ0v) is 17.3. The maximum absolute atomic E-state index is 12.7. The quantitative estimate of drug-likeness (QED) is 0.398. The smallest absolute Gasteiger partial charge is 0.324 e. The molecule has 1 aliphatic carbocycles. The summed E-state index contributed by atoms with van der Waals surface area (Å²) < 4.78 is 38.0. The Balaban J connectivity index is 1.46. The zero-order chi connectivity index (χ0) is 21.4. The molecule has 1 saturated carbocycles. The maximum atomic E-state index is 12.7. The summed E-state index contributed by atoms with van der Waals surface area (Å²) in [5.74, 6) is 7.42. The Morgan fingerprint density at radius 1 is 0.933 bits per heavy atom. The summed E-state index contributed by atoms with van der Waals surface area (Å²) in [5, 5.41) is 0. The normalized spacial score (nSPS) is 16.0. The van der Waals surface area contributed by atoms with Crippen LogP contribution >= 0.6 is 0 Å². The predicted molar refractivity (Wildman–Crippen MR) is 116 cm³/mol. The third-order valence-electron chi connectivity index (χ3n) is 5.95. The Labute approximate surface area is 177 Å². The van der Waals surface area contributed by atoms with Crippen molar-refractivity contribution < 1.29 is 13.2 Å². The minimum absolute atomic E-state index is 0.344. The van der Waals surface area contributed by atoms with Crippen molar-refractivity contribution in [2.75, 3.05) is 0 Å². The number of unbranched alkanes of at least 4 members (excludes halogenated alkanes) is 1. The molecule has 0 radical (unpaired) electrons. The average Bonchev–Trinajstić information content (AvgIpc) is 2.75. The molecule has 30 heavy (non-hydrogen) atoms. The molecule has 0 aromatic heterocycles. The van der Waals surface area contributed by atoms with E-state index in [9.17, 15) is 13.2 Å². The van der Waals surface area contributed by atoms with E-state index in [0.717, 1.165) is 35.6 Å². The molecule has 0 amide bonds. The van der Waals surface area contributed by atoms with Crippen LogP contribution in [0.25, 0.3) is 0 Å². The van der Waals surface area contributed by atoms with Crippen molar-refractivity contribution in [3.8, 4) is 11.8 Å². The third-order valence-corrected chi connectivity index (χ3v) is 5.95. The van der Waals surface area contributed by atoms with Crippen LogP contribution in [-0.2, 0) is 12.6 Å². The monoisotopic (exact) mass is 413 g/mol. The largest absolute Gasteiger partial charge is 0.416 e. The van der Waals surface area contributed by atoms with Gasteiger partial charge in [0.1, 0.15) is 0 Å². The lowest BCUT2D eigenvalue weighted by Crippen LogP contribution is -2.14. The van der Waals surface area contributed by atoms with E-state index >= 15 is 0 Å². The summed E-state index contributed by atoms with van der Waals surface area (Å²) >= 11 is 0. The second-order valence-electron chi connectivity index (χ2n) is 8.33. The van der Waals surface area contributed by atoms with Crippen molar-refractivity contribution in [1.82, 2.24) is 0 Å². The molecule has 1 atom stereocenters. The molecule has 0 saturated heterocycles. The van der Waals surface area contributed by atoms with Crippen LogP contribution in [0.2, 0.25) is 0 Å². The molecule has 0 bridgehead atoms. The van der Waals surface area contributed by atoms with Crippen molar-refractivity contribution in [3.05, 3.63) is 70.8 Å². The van der Waals surface area contributed by atoms with Gasteiger partial charge in [-0.1, -0.05) is 68.2 Å². The predicted octanol–water partition coefficient (Wildman–Crippen LogP) is 7.05. The van der Waals surface area contributed by atoms with Crippen LogP contribution in [0.3, 0.4) is 0 Å². The first-order valence-electron chi connectivity index (χ1n) is 10.9. The van der Waals surface area contributed by atoms with Gasteiger partial charge >= 0.3 is 6.18 Å². The van der Waals surface area contributed by atoms with E-state index in [4.69, 9.17) is 5.73 Å². The van der Waals surface area contributed by atoms with Gasteiger partial charge in [-0.25, -0.2) is 0 Å². The van der Waals surface area contributed by atoms with Crippen molar-refractivity contribution in [3.63, 3.8) is 0 Å². The van der Waals surface area contributed by atoms with E-state index in [0.29, 0.717) is 12.0 Å². The van der Waals surface area contributed by atoms with E-state index in [1.54, 1.807) is 0 Å². The topological polar surface area (TPSA) is 26.0 Å². The van der Waals surface area contributed by atoms with Gasteiger partial charge in [0.15, 0.2) is 0 Å². The molecular weight excluding hydrogens is 383 g/mol. The van der Waals surface area contributed by atoms with Crippen LogP contribution in [-0.4, -0.2) is 0 Å². The molecular formula is C26H30F3N. The Hall–Kier alpha value is -2.25. The lowest BCUT2D eigenvalue weighted by atomic mass is 9.86. The second kappa shape index (κ2) is 10.7. The molecule has 1 aliphatic rings. The first-order chi connectivity index (χ1) is 14.4. The van der Waals surface area contributed by atoms with Crippen LogP contribution in [0, 0.1) is 17.8 Å². The highest BCUT2D eigenvalue weighted by Crippen LogP contribution is 2.30.